The van der Waals surface area contributed by atoms with E-state index >= 15 is 0 Å². The molecule has 2 unspecified atom stereocenters. The minimum absolute atomic E-state index is 0.0870. The third kappa shape index (κ3) is 4.89. The first-order chi connectivity index (χ1) is 12.8. The summed E-state index contributed by atoms with van der Waals surface area (Å²) in [5, 5.41) is 3.16. The standard InChI is InChI=1S/C20H31N3O3S/c1-13-6-7-14(2)18(10-13)27(25,26)22-9-8-19(24)23-20-15-4-3-5-16(20)12-17(21)11-15/h6-7,10,15-17,20,22H,3-5,8-9,11-12,21H2,1-2H3,(H,23,24). The van der Waals surface area contributed by atoms with Crippen molar-refractivity contribution in [2.75, 3.05) is 6.54 Å². The summed E-state index contributed by atoms with van der Waals surface area (Å²) in [6, 6.07) is 5.78. The number of hydrogen-bond donors (Lipinski definition) is 3. The molecule has 4 N–H and O–H groups in total. The second-order valence-corrected chi connectivity index (χ2v) is 9.93. The number of hydrogen-bond acceptors (Lipinski definition) is 4. The van der Waals surface area contributed by atoms with Gasteiger partial charge in [0.25, 0.3) is 0 Å². The summed E-state index contributed by atoms with van der Waals surface area (Å²) < 4.78 is 27.6. The molecule has 1 amide bonds. The van der Waals surface area contributed by atoms with Gasteiger partial charge >= 0.3 is 0 Å². The predicted octanol–water partition coefficient (Wildman–Crippen LogP) is 1.99. The van der Waals surface area contributed by atoms with Gasteiger partial charge in [-0.25, -0.2) is 13.1 Å². The van der Waals surface area contributed by atoms with Gasteiger partial charge in [-0.05, 0) is 68.6 Å². The second-order valence-electron chi connectivity index (χ2n) is 8.19. The van der Waals surface area contributed by atoms with Crippen LogP contribution in [0.15, 0.2) is 23.1 Å². The van der Waals surface area contributed by atoms with Gasteiger partial charge in [0, 0.05) is 25.0 Å². The summed E-state index contributed by atoms with van der Waals surface area (Å²) in [5.41, 5.74) is 7.72. The molecule has 2 saturated carbocycles. The van der Waals surface area contributed by atoms with E-state index in [0.29, 0.717) is 17.4 Å². The number of aryl methyl sites for hydroxylation is 2. The van der Waals surface area contributed by atoms with Gasteiger partial charge < -0.3 is 11.1 Å². The highest BCUT2D eigenvalue weighted by atomic mass is 32.2. The quantitative estimate of drug-likeness (QED) is 0.688. The number of sulfonamides is 1. The van der Waals surface area contributed by atoms with Gasteiger partial charge in [-0.3, -0.25) is 4.79 Å². The number of amides is 1. The zero-order chi connectivity index (χ0) is 19.6. The Bertz CT molecular complexity index is 780. The Morgan fingerprint density at radius 1 is 1.19 bits per heavy atom. The van der Waals surface area contributed by atoms with Crippen LogP contribution in [-0.4, -0.2) is 33.0 Å². The maximum absolute atomic E-state index is 12.5. The number of fused-ring (bicyclic) bond motifs is 2. The number of carbonyl (C=O) groups is 1. The fraction of sp³-hybridized carbons (Fsp3) is 0.650. The molecule has 0 saturated heterocycles. The van der Waals surface area contributed by atoms with Crippen LogP contribution in [0.4, 0.5) is 0 Å². The van der Waals surface area contributed by atoms with Crippen LogP contribution in [0.2, 0.25) is 0 Å². The van der Waals surface area contributed by atoms with Crippen LogP contribution in [0.1, 0.15) is 49.7 Å². The molecule has 27 heavy (non-hydrogen) atoms. The number of rotatable bonds is 6. The van der Waals surface area contributed by atoms with Crippen LogP contribution >= 0.6 is 0 Å². The predicted molar refractivity (Wildman–Crippen MR) is 106 cm³/mol. The minimum Gasteiger partial charge on any atom is -0.353 e. The van der Waals surface area contributed by atoms with Gasteiger partial charge in [0.05, 0.1) is 4.90 Å². The number of nitrogens with two attached hydrogens (primary N) is 1. The van der Waals surface area contributed by atoms with Crippen LogP contribution in [-0.2, 0) is 14.8 Å². The van der Waals surface area contributed by atoms with Crippen molar-refractivity contribution < 1.29 is 13.2 Å². The summed E-state index contributed by atoms with van der Waals surface area (Å²) in [7, 11) is -3.61. The molecule has 2 aliphatic carbocycles. The fourth-order valence-corrected chi connectivity index (χ4v) is 6.02. The molecule has 1 aromatic carbocycles. The molecule has 2 bridgehead atoms. The highest BCUT2D eigenvalue weighted by Crippen LogP contribution is 2.39. The Morgan fingerprint density at radius 2 is 1.85 bits per heavy atom. The Kier molecular flexibility index (Phi) is 6.23. The van der Waals surface area contributed by atoms with Gasteiger partial charge in [0.15, 0.2) is 0 Å². The van der Waals surface area contributed by atoms with E-state index in [1.807, 2.05) is 13.0 Å². The van der Waals surface area contributed by atoms with E-state index in [2.05, 4.69) is 10.0 Å². The summed E-state index contributed by atoms with van der Waals surface area (Å²) in [6.07, 6.45) is 5.54. The molecular formula is C20H31N3O3S. The minimum atomic E-state index is -3.61. The third-order valence-electron chi connectivity index (χ3n) is 5.98. The van der Waals surface area contributed by atoms with Crippen LogP contribution in [0, 0.1) is 25.7 Å². The number of carbonyl (C=O) groups excluding carboxylic acids is 1. The Morgan fingerprint density at radius 3 is 2.52 bits per heavy atom. The van der Waals surface area contributed by atoms with Crippen LogP contribution in [0.25, 0.3) is 0 Å². The maximum atomic E-state index is 12.5. The summed E-state index contributed by atoms with van der Waals surface area (Å²) in [4.78, 5) is 12.7. The van der Waals surface area contributed by atoms with Gasteiger partial charge in [0.2, 0.25) is 15.9 Å². The van der Waals surface area contributed by atoms with Crippen molar-refractivity contribution in [3.05, 3.63) is 29.3 Å². The van der Waals surface area contributed by atoms with Crippen molar-refractivity contribution >= 4 is 15.9 Å². The molecule has 150 valence electrons. The molecule has 1 aromatic rings. The molecule has 0 spiro atoms. The van der Waals surface area contributed by atoms with E-state index in [1.165, 1.54) is 6.42 Å². The summed E-state index contributed by atoms with van der Waals surface area (Å²) >= 11 is 0. The lowest BCUT2D eigenvalue weighted by Gasteiger charge is -2.45. The lowest BCUT2D eigenvalue weighted by atomic mass is 9.67. The van der Waals surface area contributed by atoms with Crippen LogP contribution in [0.3, 0.4) is 0 Å². The zero-order valence-electron chi connectivity index (χ0n) is 16.2. The first-order valence-corrected chi connectivity index (χ1v) is 11.4. The normalized spacial score (nSPS) is 28.0. The topological polar surface area (TPSA) is 101 Å². The molecule has 0 aromatic heterocycles. The fourth-order valence-electron chi connectivity index (χ4n) is 4.66. The molecule has 2 fully saturated rings. The van der Waals surface area contributed by atoms with Crippen molar-refractivity contribution in [1.82, 2.24) is 10.0 Å². The van der Waals surface area contributed by atoms with Crippen LogP contribution in [0.5, 0.6) is 0 Å². The molecule has 2 atom stereocenters. The number of nitrogens with one attached hydrogen (secondary N) is 2. The van der Waals surface area contributed by atoms with E-state index in [1.54, 1.807) is 19.1 Å². The smallest absolute Gasteiger partial charge is 0.240 e. The lowest BCUT2D eigenvalue weighted by molar-refractivity contribution is -0.123. The molecule has 3 rings (SSSR count). The van der Waals surface area contributed by atoms with Crippen molar-refractivity contribution in [3.8, 4) is 0 Å². The SMILES string of the molecule is Cc1ccc(C)c(S(=O)(=O)NCCC(=O)NC2C3CCCC2CC(N)C3)c1. The first kappa shape index (κ1) is 20.3. The number of benzene rings is 1. The molecule has 0 heterocycles. The van der Waals surface area contributed by atoms with Crippen molar-refractivity contribution in [2.45, 2.75) is 69.4 Å². The Hall–Kier alpha value is -1.44. The first-order valence-electron chi connectivity index (χ1n) is 9.88. The molecular weight excluding hydrogens is 362 g/mol. The Balaban J connectivity index is 1.53. The van der Waals surface area contributed by atoms with Crippen molar-refractivity contribution in [3.63, 3.8) is 0 Å². The molecule has 7 heteroatoms. The lowest BCUT2D eigenvalue weighted by Crippen LogP contribution is -2.54. The van der Waals surface area contributed by atoms with E-state index in [4.69, 9.17) is 5.73 Å². The monoisotopic (exact) mass is 393 g/mol. The summed E-state index contributed by atoms with van der Waals surface area (Å²) in [6.45, 7) is 3.73. The van der Waals surface area contributed by atoms with Crippen molar-refractivity contribution in [2.24, 2.45) is 17.6 Å². The summed E-state index contributed by atoms with van der Waals surface area (Å²) in [5.74, 6) is 0.835. The van der Waals surface area contributed by atoms with Gasteiger partial charge in [-0.15, -0.1) is 0 Å². The van der Waals surface area contributed by atoms with Gasteiger partial charge in [-0.2, -0.15) is 0 Å². The van der Waals surface area contributed by atoms with Crippen LogP contribution < -0.4 is 15.8 Å². The van der Waals surface area contributed by atoms with Gasteiger partial charge in [0.1, 0.15) is 0 Å². The van der Waals surface area contributed by atoms with E-state index in [9.17, 15) is 13.2 Å². The Labute approximate surface area is 162 Å². The van der Waals surface area contributed by atoms with Crippen molar-refractivity contribution in [1.29, 1.82) is 0 Å². The highest BCUT2D eigenvalue weighted by molar-refractivity contribution is 7.89. The molecule has 0 radical (unpaired) electrons. The molecule has 2 aliphatic rings. The van der Waals surface area contributed by atoms with E-state index in [0.717, 1.165) is 31.2 Å². The largest absolute Gasteiger partial charge is 0.353 e. The van der Waals surface area contributed by atoms with Gasteiger partial charge in [-0.1, -0.05) is 18.6 Å². The molecule has 0 aliphatic heterocycles. The average Bonchev–Trinajstić information content (AvgIpc) is 2.57. The second kappa shape index (κ2) is 8.29. The third-order valence-corrected chi connectivity index (χ3v) is 7.58. The zero-order valence-corrected chi connectivity index (χ0v) is 17.0. The highest BCUT2D eigenvalue weighted by Gasteiger charge is 2.39. The maximum Gasteiger partial charge on any atom is 0.240 e. The average molecular weight is 394 g/mol. The van der Waals surface area contributed by atoms with E-state index in [-0.39, 0.29) is 35.9 Å². The van der Waals surface area contributed by atoms with E-state index < -0.39 is 10.0 Å². The molecule has 6 nitrogen and oxygen atoms in total.